The highest BCUT2D eigenvalue weighted by atomic mass is 15.3. The van der Waals surface area contributed by atoms with Crippen LogP contribution in [0.15, 0.2) is 4.99 Å². The average Bonchev–Trinajstić information content (AvgIpc) is 3.26. The molecule has 1 aliphatic heterocycles. The molecule has 0 saturated carbocycles. The molecule has 6 heteroatoms. The van der Waals surface area contributed by atoms with Crippen molar-refractivity contribution in [2.75, 3.05) is 26.2 Å². The van der Waals surface area contributed by atoms with Gasteiger partial charge in [-0.3, -0.25) is 9.58 Å². The molecule has 0 amide bonds. The number of nitrogens with one attached hydrogen (secondary N) is 2. The number of guanidine groups is 1. The smallest absolute Gasteiger partial charge is 0.191 e. The van der Waals surface area contributed by atoms with Crippen LogP contribution in [-0.4, -0.2) is 52.9 Å². The molecule has 154 valence electrons. The Balaban J connectivity index is 2.06. The van der Waals surface area contributed by atoms with Crippen LogP contribution >= 0.6 is 0 Å². The van der Waals surface area contributed by atoms with Gasteiger partial charge in [0.2, 0.25) is 0 Å². The topological polar surface area (TPSA) is 57.5 Å². The van der Waals surface area contributed by atoms with Crippen molar-refractivity contribution in [1.29, 1.82) is 0 Å². The van der Waals surface area contributed by atoms with Gasteiger partial charge in [0, 0.05) is 37.4 Å². The van der Waals surface area contributed by atoms with Crippen molar-refractivity contribution in [2.24, 2.45) is 18.0 Å². The normalized spacial score (nSPS) is 16.9. The largest absolute Gasteiger partial charge is 0.357 e. The molecule has 1 aromatic rings. The van der Waals surface area contributed by atoms with Crippen molar-refractivity contribution in [2.45, 2.75) is 72.9 Å². The van der Waals surface area contributed by atoms with E-state index in [4.69, 9.17) is 4.99 Å². The minimum atomic E-state index is 0.591. The molecule has 27 heavy (non-hydrogen) atoms. The van der Waals surface area contributed by atoms with Gasteiger partial charge in [0.1, 0.15) is 0 Å². The summed E-state index contributed by atoms with van der Waals surface area (Å²) in [5.41, 5.74) is 3.49. The van der Waals surface area contributed by atoms with Gasteiger partial charge in [-0.2, -0.15) is 5.10 Å². The quantitative estimate of drug-likeness (QED) is 0.514. The van der Waals surface area contributed by atoms with E-state index in [9.17, 15) is 0 Å². The Hall–Kier alpha value is -1.56. The molecule has 2 N–H and O–H groups in total. The van der Waals surface area contributed by atoms with Crippen LogP contribution in [0.1, 0.15) is 63.4 Å². The summed E-state index contributed by atoms with van der Waals surface area (Å²) in [5, 5.41) is 11.6. The van der Waals surface area contributed by atoms with Gasteiger partial charge >= 0.3 is 0 Å². The number of hydrogen-bond donors (Lipinski definition) is 2. The fraction of sp³-hybridized carbons (Fsp3) is 0.810. The lowest BCUT2D eigenvalue weighted by molar-refractivity contribution is 0.166. The van der Waals surface area contributed by atoms with E-state index in [0.717, 1.165) is 30.7 Å². The maximum atomic E-state index is 4.85. The Morgan fingerprint density at radius 3 is 2.30 bits per heavy atom. The second-order valence-electron chi connectivity index (χ2n) is 7.74. The molecular weight excluding hydrogens is 336 g/mol. The van der Waals surface area contributed by atoms with Crippen molar-refractivity contribution < 1.29 is 0 Å². The van der Waals surface area contributed by atoms with Crippen LogP contribution < -0.4 is 10.6 Å². The first kappa shape index (κ1) is 21.7. The van der Waals surface area contributed by atoms with Gasteiger partial charge in [0.15, 0.2) is 5.96 Å². The molecule has 0 spiro atoms. The first-order chi connectivity index (χ1) is 13.0. The lowest BCUT2D eigenvalue weighted by Gasteiger charge is -2.34. The van der Waals surface area contributed by atoms with Crippen LogP contribution in [0.25, 0.3) is 0 Å². The van der Waals surface area contributed by atoms with E-state index in [1.807, 2.05) is 11.7 Å². The van der Waals surface area contributed by atoms with E-state index in [1.165, 1.54) is 50.0 Å². The lowest BCUT2D eigenvalue weighted by atomic mass is 9.93. The van der Waals surface area contributed by atoms with E-state index in [-0.39, 0.29) is 0 Å². The van der Waals surface area contributed by atoms with Crippen molar-refractivity contribution in [3.8, 4) is 0 Å². The Labute approximate surface area is 165 Å². The zero-order valence-electron chi connectivity index (χ0n) is 18.3. The minimum Gasteiger partial charge on any atom is -0.357 e. The Kier molecular flexibility index (Phi) is 8.61. The second-order valence-corrected chi connectivity index (χ2v) is 7.74. The molecule has 0 bridgehead atoms. The number of likely N-dealkylation sites (tertiary alicyclic amines) is 1. The molecule has 1 unspecified atom stereocenters. The number of hydrogen-bond acceptors (Lipinski definition) is 3. The Morgan fingerprint density at radius 1 is 1.11 bits per heavy atom. The van der Waals surface area contributed by atoms with E-state index >= 15 is 0 Å². The highest BCUT2D eigenvalue weighted by Crippen LogP contribution is 2.22. The summed E-state index contributed by atoms with van der Waals surface area (Å²) in [6.07, 6.45) is 5.15. The zero-order chi connectivity index (χ0) is 19.8. The fourth-order valence-electron chi connectivity index (χ4n) is 4.25. The van der Waals surface area contributed by atoms with Crippen molar-refractivity contribution in [3.63, 3.8) is 0 Å². The SMILES string of the molecule is CCNC(=NCc1c(C)nn(C)c1C)NCC(C(CC)CC)N1CCCC1. The molecule has 1 aromatic heterocycles. The molecule has 1 fully saturated rings. The molecule has 1 aliphatic rings. The van der Waals surface area contributed by atoms with Gasteiger partial charge in [-0.25, -0.2) is 4.99 Å². The molecule has 1 atom stereocenters. The molecule has 0 radical (unpaired) electrons. The second kappa shape index (κ2) is 10.7. The standard InChI is InChI=1S/C21H40N6/c1-7-18(8-2)20(27-12-10-11-13-27)15-24-21(22-9-3)23-14-19-16(4)25-26(6)17(19)5/h18,20H,7-15H2,1-6H3,(H2,22,23,24). The van der Waals surface area contributed by atoms with Crippen LogP contribution in [0, 0.1) is 19.8 Å². The number of rotatable bonds is 9. The highest BCUT2D eigenvalue weighted by Gasteiger charge is 2.27. The van der Waals surface area contributed by atoms with Crippen LogP contribution in [0.3, 0.4) is 0 Å². The minimum absolute atomic E-state index is 0.591. The fourth-order valence-corrected chi connectivity index (χ4v) is 4.25. The molecule has 0 aliphatic carbocycles. The molecular formula is C21H40N6. The Bertz CT molecular complexity index is 594. The maximum Gasteiger partial charge on any atom is 0.191 e. The van der Waals surface area contributed by atoms with Gasteiger partial charge in [-0.1, -0.05) is 26.7 Å². The van der Waals surface area contributed by atoms with Gasteiger partial charge in [0.25, 0.3) is 0 Å². The van der Waals surface area contributed by atoms with Gasteiger partial charge in [-0.05, 0) is 52.6 Å². The molecule has 1 saturated heterocycles. The summed E-state index contributed by atoms with van der Waals surface area (Å²) in [4.78, 5) is 7.54. The van der Waals surface area contributed by atoms with Gasteiger partial charge in [-0.15, -0.1) is 0 Å². The molecule has 2 heterocycles. The van der Waals surface area contributed by atoms with Crippen molar-refractivity contribution in [3.05, 3.63) is 17.0 Å². The summed E-state index contributed by atoms with van der Waals surface area (Å²) in [7, 11) is 2.00. The maximum absolute atomic E-state index is 4.85. The van der Waals surface area contributed by atoms with E-state index in [0.29, 0.717) is 12.6 Å². The van der Waals surface area contributed by atoms with Gasteiger partial charge < -0.3 is 10.6 Å². The summed E-state index contributed by atoms with van der Waals surface area (Å²) >= 11 is 0. The monoisotopic (exact) mass is 376 g/mol. The number of aromatic nitrogens is 2. The van der Waals surface area contributed by atoms with Crippen molar-refractivity contribution >= 4 is 5.96 Å². The number of aryl methyl sites for hydroxylation is 2. The third-order valence-electron chi connectivity index (χ3n) is 6.08. The number of nitrogens with zero attached hydrogens (tertiary/aromatic N) is 4. The molecule has 0 aromatic carbocycles. The average molecular weight is 377 g/mol. The predicted molar refractivity (Wildman–Crippen MR) is 114 cm³/mol. The number of aliphatic imine (C=N–C) groups is 1. The summed E-state index contributed by atoms with van der Waals surface area (Å²) < 4.78 is 1.94. The van der Waals surface area contributed by atoms with Crippen LogP contribution in [0.2, 0.25) is 0 Å². The summed E-state index contributed by atoms with van der Waals surface area (Å²) in [6, 6.07) is 0.591. The highest BCUT2D eigenvalue weighted by molar-refractivity contribution is 5.79. The zero-order valence-corrected chi connectivity index (χ0v) is 18.3. The van der Waals surface area contributed by atoms with Gasteiger partial charge in [0.05, 0.1) is 12.2 Å². The van der Waals surface area contributed by atoms with Crippen LogP contribution in [0.4, 0.5) is 0 Å². The van der Waals surface area contributed by atoms with E-state index < -0.39 is 0 Å². The summed E-state index contributed by atoms with van der Waals surface area (Å²) in [6.45, 7) is 15.9. The van der Waals surface area contributed by atoms with Crippen LogP contribution in [-0.2, 0) is 13.6 Å². The molecule has 2 rings (SSSR count). The molecule has 6 nitrogen and oxygen atoms in total. The first-order valence-corrected chi connectivity index (χ1v) is 10.8. The Morgan fingerprint density at radius 2 is 1.78 bits per heavy atom. The first-order valence-electron chi connectivity index (χ1n) is 10.8. The van der Waals surface area contributed by atoms with E-state index in [1.54, 1.807) is 0 Å². The third kappa shape index (κ3) is 5.71. The van der Waals surface area contributed by atoms with Crippen molar-refractivity contribution in [1.82, 2.24) is 25.3 Å². The predicted octanol–water partition coefficient (Wildman–Crippen LogP) is 2.99. The van der Waals surface area contributed by atoms with Crippen LogP contribution in [0.5, 0.6) is 0 Å². The van der Waals surface area contributed by atoms with E-state index in [2.05, 4.69) is 55.3 Å². The summed E-state index contributed by atoms with van der Waals surface area (Å²) in [5.74, 6) is 1.65. The lowest BCUT2D eigenvalue weighted by Crippen LogP contribution is -2.49. The third-order valence-corrected chi connectivity index (χ3v) is 6.08.